The number of halogens is 8. The maximum Gasteiger partial charge on any atom is 0.135 e. The van der Waals surface area contributed by atoms with E-state index < -0.39 is 0 Å². The van der Waals surface area contributed by atoms with Crippen LogP contribution in [0.5, 0.6) is 0 Å². The Kier molecular flexibility index (Phi) is 37.5. The van der Waals surface area contributed by atoms with Gasteiger partial charge in [-0.1, -0.05) is 222 Å². The van der Waals surface area contributed by atoms with E-state index in [1.165, 1.54) is 80.3 Å². The second-order valence-corrected chi connectivity index (χ2v) is 45.2. The molecular formula is C92H100Cl8N4OS9. The topological polar surface area (TPSA) is 64.7 Å². The third-order valence-electron chi connectivity index (χ3n) is 16.5. The van der Waals surface area contributed by atoms with Crippen LogP contribution in [-0.2, 0) is 51.4 Å². The Bertz CT molecular complexity index is 5020. The number of thiazole rings is 3. The minimum atomic E-state index is 0.579. The number of pyridine rings is 1. The second kappa shape index (κ2) is 45.8. The lowest BCUT2D eigenvalue weighted by molar-refractivity contribution is 0.500. The largest absolute Gasteiger partial charge is 0.461 e. The molecule has 0 atom stereocenters. The van der Waals surface area contributed by atoms with Gasteiger partial charge >= 0.3 is 0 Å². The minimum absolute atomic E-state index is 0.579. The Hall–Kier alpha value is -4.50. The fourth-order valence-corrected chi connectivity index (χ4v) is 23.2. The summed E-state index contributed by atoms with van der Waals surface area (Å²) in [5.74, 6) is 6.51. The van der Waals surface area contributed by atoms with Gasteiger partial charge in [0.25, 0.3) is 0 Å². The molecule has 16 rings (SSSR count). The van der Waals surface area contributed by atoms with E-state index >= 15 is 0 Å². The molecule has 0 unspecified atom stereocenters. The van der Waals surface area contributed by atoms with Gasteiger partial charge in [0, 0.05) is 95.3 Å². The molecular weight excluding hydrogens is 1750 g/mol. The molecule has 604 valence electrons. The number of nitrogens with zero attached hydrogens (tertiary/aromatic N) is 4. The first-order valence-electron chi connectivity index (χ1n) is 38.4. The molecule has 0 aliphatic carbocycles. The molecule has 0 aliphatic heterocycles. The van der Waals surface area contributed by atoms with Crippen molar-refractivity contribution in [3.63, 3.8) is 0 Å². The smallest absolute Gasteiger partial charge is 0.135 e. The maximum absolute atomic E-state index is 5.96. The molecule has 0 spiro atoms. The molecule has 16 aromatic rings. The third kappa shape index (κ3) is 31.3. The Morgan fingerprint density at radius 2 is 0.833 bits per heavy atom. The summed E-state index contributed by atoms with van der Waals surface area (Å²) in [5, 5.41) is 15.5. The summed E-state index contributed by atoms with van der Waals surface area (Å²) in [6.45, 7) is 35.6. The zero-order chi connectivity index (χ0) is 82.4. The lowest BCUT2D eigenvalue weighted by Gasteiger charge is -2.04. The highest BCUT2D eigenvalue weighted by atomic mass is 35.5. The number of benzene rings is 5. The van der Waals surface area contributed by atoms with Crippen molar-refractivity contribution in [1.82, 2.24) is 19.9 Å². The van der Waals surface area contributed by atoms with E-state index in [-0.39, 0.29) is 0 Å². The highest BCUT2D eigenvalue weighted by Gasteiger charge is 2.14. The SMILES string of the molecule is CC(C)Cc1cc2cc(Cl)ccc2s1.CC(C)Cc1cc2ccc(Cl)cc2o1.CC(C)Cc1cc2ccc(Cl)cc2s1.CC(C)Cc1cc2ccc(Cl)nc2s1.CC(C)Cc1ccc2sc(Cl)cc2c1.CC(C)Cc1cnc(-c2ccc(Cl)s2)s1.CC(C)Cc1nc(-c2ccc(Cl)s2)cs1.CC(C)Cc1nc2cc(Cl)ccc2s1. The molecule has 114 heavy (non-hydrogen) atoms. The monoisotopic (exact) mass is 1840 g/mol. The van der Waals surface area contributed by atoms with Crippen molar-refractivity contribution in [1.29, 1.82) is 0 Å². The van der Waals surface area contributed by atoms with E-state index in [0.29, 0.717) is 40.7 Å². The molecule has 0 N–H and O–H groups in total. The predicted molar refractivity (Wildman–Crippen MR) is 520 cm³/mol. The number of hydrogen-bond acceptors (Lipinski definition) is 14. The molecule has 5 aromatic carbocycles. The quantitative estimate of drug-likeness (QED) is 0.0801. The van der Waals surface area contributed by atoms with Gasteiger partial charge in [0.15, 0.2) is 0 Å². The summed E-state index contributed by atoms with van der Waals surface area (Å²) in [6, 6.07) is 53.1. The van der Waals surface area contributed by atoms with Crippen molar-refractivity contribution in [2.24, 2.45) is 47.3 Å². The average molecular weight is 1850 g/mol. The second-order valence-electron chi connectivity index (χ2n) is 31.3. The first-order chi connectivity index (χ1) is 54.2. The van der Waals surface area contributed by atoms with Crippen LogP contribution in [0.4, 0.5) is 0 Å². The van der Waals surface area contributed by atoms with Crippen molar-refractivity contribution in [2.75, 3.05) is 0 Å². The zero-order valence-electron chi connectivity index (χ0n) is 67.3. The van der Waals surface area contributed by atoms with E-state index in [1.807, 2.05) is 132 Å². The number of furan rings is 1. The lowest BCUT2D eigenvalue weighted by Crippen LogP contribution is -1.92. The van der Waals surface area contributed by atoms with Crippen LogP contribution in [0.15, 0.2) is 174 Å². The van der Waals surface area contributed by atoms with Gasteiger partial charge in [-0.15, -0.1) is 102 Å². The standard InChI is InChI=1S/C12H13ClO.3C12H13ClS.2C11H12ClNS2.2C11H12ClNS/c1-8(2)5-11-6-9-3-4-10(13)7-12(9)14-11;1-8(2)5-11-7-9-6-10(13)3-4-12(9)14-11;1-8(2)5-11-6-9-3-4-10(13)7-12(9)14-11;1-8(2)5-9-3-4-11-10(6-9)7-12(13)14-11;1-7(2)5-11-13-8(6-14-11)9-3-4-10(12)15-9;1-7(2)5-8-6-13-11(14-8)9-3-4-10(12)15-9;1-7(2)5-11-13-9-6-8(12)3-4-10(9)14-11;1-7(2)5-9-6-8-3-4-10(12)13-11(8)14-9/h4*3-4,6-8H,5H2,1-2H3;2*3-4,6-7H,5H2,1-2H3;2*3-4,6-7H,5H2,1-2H3. The summed E-state index contributed by atoms with van der Waals surface area (Å²) in [7, 11) is 0. The van der Waals surface area contributed by atoms with Crippen LogP contribution in [0.2, 0.25) is 38.3 Å². The van der Waals surface area contributed by atoms with Crippen molar-refractivity contribution >= 4 is 256 Å². The predicted octanol–water partition coefficient (Wildman–Crippen LogP) is 36.3. The Balaban J connectivity index is 0.000000149. The molecule has 0 radical (unpaired) electrons. The number of fused-ring (bicyclic) bond motifs is 6. The molecule has 11 heterocycles. The molecule has 0 saturated carbocycles. The summed E-state index contributed by atoms with van der Waals surface area (Å²) in [4.78, 5) is 26.9. The number of thiophene rings is 6. The fraction of sp³-hybridized carbons (Fsp3) is 0.348. The van der Waals surface area contributed by atoms with Crippen molar-refractivity contribution < 1.29 is 4.42 Å². The third-order valence-corrected chi connectivity index (χ3v) is 27.8. The molecule has 0 saturated heterocycles. The van der Waals surface area contributed by atoms with Crippen LogP contribution in [0, 0.1) is 47.3 Å². The summed E-state index contributed by atoms with van der Waals surface area (Å²) in [6.07, 6.45) is 10.8. The van der Waals surface area contributed by atoms with Gasteiger partial charge in [0.05, 0.1) is 48.7 Å². The van der Waals surface area contributed by atoms with Gasteiger partial charge < -0.3 is 4.42 Å². The van der Waals surface area contributed by atoms with Gasteiger partial charge in [0.2, 0.25) is 0 Å². The van der Waals surface area contributed by atoms with Gasteiger partial charge in [-0.2, -0.15) is 0 Å². The van der Waals surface area contributed by atoms with Crippen LogP contribution >= 0.6 is 195 Å². The molecule has 0 aliphatic rings. The molecule has 11 aromatic heterocycles. The first kappa shape index (κ1) is 93.4. The van der Waals surface area contributed by atoms with Crippen LogP contribution < -0.4 is 0 Å². The Morgan fingerprint density at radius 3 is 1.46 bits per heavy atom. The van der Waals surface area contributed by atoms with Gasteiger partial charge in [-0.25, -0.2) is 19.9 Å². The van der Waals surface area contributed by atoms with Gasteiger partial charge in [-0.05, 0) is 241 Å². The van der Waals surface area contributed by atoms with E-state index in [1.54, 1.807) is 79.4 Å². The Labute approximate surface area is 751 Å². The summed E-state index contributed by atoms with van der Waals surface area (Å²) < 4.78 is 13.3. The van der Waals surface area contributed by atoms with E-state index in [0.717, 1.165) is 139 Å². The zero-order valence-corrected chi connectivity index (χ0v) is 80.7. The van der Waals surface area contributed by atoms with Crippen molar-refractivity contribution in [3.8, 4) is 20.5 Å². The number of aromatic nitrogens is 4. The highest BCUT2D eigenvalue weighted by molar-refractivity contribution is 7.24. The minimum Gasteiger partial charge on any atom is -0.461 e. The molecule has 0 fully saturated rings. The lowest BCUT2D eigenvalue weighted by atomic mass is 10.0. The van der Waals surface area contributed by atoms with Crippen LogP contribution in [0.25, 0.3) is 82.1 Å². The molecule has 0 amide bonds. The molecule has 0 bridgehead atoms. The normalized spacial score (nSPS) is 11.4. The van der Waals surface area contributed by atoms with E-state index in [9.17, 15) is 0 Å². The van der Waals surface area contributed by atoms with E-state index in [4.69, 9.17) is 97.2 Å². The maximum atomic E-state index is 5.96. The van der Waals surface area contributed by atoms with Gasteiger partial charge in [0.1, 0.15) is 26.3 Å². The van der Waals surface area contributed by atoms with E-state index in [2.05, 4.69) is 191 Å². The van der Waals surface area contributed by atoms with Crippen LogP contribution in [-0.4, -0.2) is 19.9 Å². The summed E-state index contributed by atoms with van der Waals surface area (Å²) in [5.41, 5.74) is 4.38. The van der Waals surface area contributed by atoms with Gasteiger partial charge in [-0.3, -0.25) is 0 Å². The average Bonchev–Trinajstić information content (AvgIpc) is 1.70. The highest BCUT2D eigenvalue weighted by Crippen LogP contribution is 2.38. The van der Waals surface area contributed by atoms with Crippen molar-refractivity contribution in [3.05, 3.63) is 248 Å². The fourth-order valence-electron chi connectivity index (χ4n) is 11.9. The Morgan fingerprint density at radius 1 is 0.325 bits per heavy atom. The molecule has 22 heteroatoms. The summed E-state index contributed by atoms with van der Waals surface area (Å²) >= 11 is 62.8. The van der Waals surface area contributed by atoms with Crippen LogP contribution in [0.1, 0.15) is 152 Å². The number of rotatable bonds is 18. The number of hydrogen-bond donors (Lipinski definition) is 0. The van der Waals surface area contributed by atoms with Crippen LogP contribution in [0.3, 0.4) is 0 Å². The van der Waals surface area contributed by atoms with Crippen molar-refractivity contribution in [2.45, 2.75) is 162 Å². The first-order valence-corrected chi connectivity index (χ1v) is 48.9. The molecule has 5 nitrogen and oxygen atoms in total.